The lowest BCUT2D eigenvalue weighted by Gasteiger charge is -2.35. The highest BCUT2D eigenvalue weighted by molar-refractivity contribution is 7.89. The van der Waals surface area contributed by atoms with E-state index in [0.717, 1.165) is 32.2 Å². The van der Waals surface area contributed by atoms with Gasteiger partial charge in [0, 0.05) is 19.1 Å². The lowest BCUT2D eigenvalue weighted by atomic mass is 9.86. The van der Waals surface area contributed by atoms with Crippen LogP contribution in [-0.4, -0.2) is 44.2 Å². The van der Waals surface area contributed by atoms with E-state index in [1.54, 1.807) is 11.4 Å². The van der Waals surface area contributed by atoms with Crippen molar-refractivity contribution in [3.8, 4) is 0 Å². The van der Waals surface area contributed by atoms with Crippen molar-refractivity contribution in [3.63, 3.8) is 0 Å². The minimum atomic E-state index is -3.10. The molecule has 1 saturated carbocycles. The van der Waals surface area contributed by atoms with Crippen LogP contribution in [0.3, 0.4) is 0 Å². The summed E-state index contributed by atoms with van der Waals surface area (Å²) in [5.74, 6) is 0.793. The first kappa shape index (κ1) is 16.2. The Morgan fingerprint density at radius 3 is 2.45 bits per heavy atom. The Labute approximate surface area is 124 Å². The van der Waals surface area contributed by atoms with Gasteiger partial charge < -0.3 is 5.32 Å². The van der Waals surface area contributed by atoms with Gasteiger partial charge in [0.15, 0.2) is 0 Å². The molecule has 0 bridgehead atoms. The summed E-state index contributed by atoms with van der Waals surface area (Å²) < 4.78 is 26.7. The molecule has 0 aromatic carbocycles. The van der Waals surface area contributed by atoms with Crippen LogP contribution in [0.25, 0.3) is 0 Å². The molecule has 1 aliphatic carbocycles. The highest BCUT2D eigenvalue weighted by Crippen LogP contribution is 2.29. The van der Waals surface area contributed by atoms with E-state index in [2.05, 4.69) is 12.2 Å². The zero-order valence-corrected chi connectivity index (χ0v) is 13.8. The standard InChI is InChI=1S/C15H30N2O2S/c1-13-7-3-4-9-15(13)17(2)20(18,19)12-10-14-8-5-6-11-16-14/h13-16H,3-12H2,1-2H3. The Balaban J connectivity index is 1.87. The van der Waals surface area contributed by atoms with Gasteiger partial charge in [-0.2, -0.15) is 0 Å². The van der Waals surface area contributed by atoms with Gasteiger partial charge in [-0.25, -0.2) is 12.7 Å². The summed E-state index contributed by atoms with van der Waals surface area (Å²) in [6.45, 7) is 3.23. The Hall–Kier alpha value is -0.130. The molecule has 1 heterocycles. The van der Waals surface area contributed by atoms with Gasteiger partial charge in [0.2, 0.25) is 10.0 Å². The molecule has 2 rings (SSSR count). The number of nitrogens with one attached hydrogen (secondary N) is 1. The van der Waals surface area contributed by atoms with Crippen LogP contribution in [0.15, 0.2) is 0 Å². The van der Waals surface area contributed by atoms with Crippen molar-refractivity contribution >= 4 is 10.0 Å². The van der Waals surface area contributed by atoms with Crippen LogP contribution in [0.4, 0.5) is 0 Å². The number of hydrogen-bond acceptors (Lipinski definition) is 3. The van der Waals surface area contributed by atoms with Gasteiger partial charge in [-0.05, 0) is 44.6 Å². The van der Waals surface area contributed by atoms with E-state index < -0.39 is 10.0 Å². The average Bonchev–Trinajstić information content (AvgIpc) is 2.46. The maximum absolute atomic E-state index is 12.5. The fourth-order valence-electron chi connectivity index (χ4n) is 3.65. The van der Waals surface area contributed by atoms with E-state index in [1.165, 1.54) is 25.7 Å². The first-order valence-electron chi connectivity index (χ1n) is 8.20. The Morgan fingerprint density at radius 1 is 1.10 bits per heavy atom. The minimum absolute atomic E-state index is 0.216. The molecule has 20 heavy (non-hydrogen) atoms. The van der Waals surface area contributed by atoms with E-state index in [1.807, 2.05) is 0 Å². The maximum Gasteiger partial charge on any atom is 0.214 e. The second-order valence-electron chi connectivity index (χ2n) is 6.60. The van der Waals surface area contributed by atoms with Crippen LogP contribution in [0.5, 0.6) is 0 Å². The summed E-state index contributed by atoms with van der Waals surface area (Å²) in [7, 11) is -1.31. The smallest absolute Gasteiger partial charge is 0.214 e. The van der Waals surface area contributed by atoms with Crippen LogP contribution < -0.4 is 5.32 Å². The van der Waals surface area contributed by atoms with E-state index in [4.69, 9.17) is 0 Å². The molecule has 0 spiro atoms. The van der Waals surface area contributed by atoms with Crippen molar-refractivity contribution in [1.82, 2.24) is 9.62 Å². The van der Waals surface area contributed by atoms with Crippen molar-refractivity contribution < 1.29 is 8.42 Å². The molecule has 0 aromatic heterocycles. The number of sulfonamides is 1. The van der Waals surface area contributed by atoms with Gasteiger partial charge in [0.25, 0.3) is 0 Å². The summed E-state index contributed by atoms with van der Waals surface area (Å²) in [5.41, 5.74) is 0. The summed E-state index contributed by atoms with van der Waals surface area (Å²) in [6.07, 6.45) is 8.94. The van der Waals surface area contributed by atoms with Crippen LogP contribution in [0, 0.1) is 5.92 Å². The first-order valence-corrected chi connectivity index (χ1v) is 9.81. The summed E-state index contributed by atoms with van der Waals surface area (Å²) >= 11 is 0. The Morgan fingerprint density at radius 2 is 1.80 bits per heavy atom. The van der Waals surface area contributed by atoms with E-state index >= 15 is 0 Å². The van der Waals surface area contributed by atoms with Crippen molar-refractivity contribution in [2.75, 3.05) is 19.3 Å². The predicted octanol–water partition coefficient (Wildman–Crippen LogP) is 2.36. The molecule has 5 heteroatoms. The van der Waals surface area contributed by atoms with Crippen molar-refractivity contribution in [3.05, 3.63) is 0 Å². The van der Waals surface area contributed by atoms with E-state index in [0.29, 0.717) is 17.7 Å². The monoisotopic (exact) mass is 302 g/mol. The van der Waals surface area contributed by atoms with Crippen molar-refractivity contribution in [1.29, 1.82) is 0 Å². The zero-order chi connectivity index (χ0) is 14.6. The van der Waals surface area contributed by atoms with Gasteiger partial charge in [0.05, 0.1) is 5.75 Å². The third-order valence-electron chi connectivity index (χ3n) is 5.11. The van der Waals surface area contributed by atoms with Gasteiger partial charge in [-0.3, -0.25) is 0 Å². The quantitative estimate of drug-likeness (QED) is 0.848. The average molecular weight is 302 g/mol. The molecule has 1 N–H and O–H groups in total. The van der Waals surface area contributed by atoms with Crippen LogP contribution in [0.1, 0.15) is 58.3 Å². The van der Waals surface area contributed by atoms with Crippen LogP contribution >= 0.6 is 0 Å². The third-order valence-corrected chi connectivity index (χ3v) is 7.01. The second-order valence-corrected chi connectivity index (χ2v) is 8.74. The number of nitrogens with zero attached hydrogens (tertiary/aromatic N) is 1. The van der Waals surface area contributed by atoms with Crippen LogP contribution in [-0.2, 0) is 10.0 Å². The van der Waals surface area contributed by atoms with Crippen molar-refractivity contribution in [2.45, 2.75) is 70.4 Å². The van der Waals surface area contributed by atoms with Crippen molar-refractivity contribution in [2.24, 2.45) is 5.92 Å². The molecule has 2 aliphatic rings. The molecule has 1 aliphatic heterocycles. The lowest BCUT2D eigenvalue weighted by molar-refractivity contribution is 0.213. The molecular formula is C15H30N2O2S. The SMILES string of the molecule is CC1CCCCC1N(C)S(=O)(=O)CCC1CCCCN1. The minimum Gasteiger partial charge on any atom is -0.314 e. The molecule has 1 saturated heterocycles. The first-order chi connectivity index (χ1) is 9.50. The van der Waals surface area contributed by atoms with E-state index in [9.17, 15) is 8.42 Å². The topological polar surface area (TPSA) is 49.4 Å². The number of rotatable bonds is 5. The molecule has 2 fully saturated rings. The molecule has 0 amide bonds. The molecule has 118 valence electrons. The molecular weight excluding hydrogens is 272 g/mol. The molecule has 0 radical (unpaired) electrons. The van der Waals surface area contributed by atoms with Gasteiger partial charge in [-0.15, -0.1) is 0 Å². The second kappa shape index (κ2) is 7.23. The highest BCUT2D eigenvalue weighted by Gasteiger charge is 2.32. The normalized spacial score (nSPS) is 32.5. The van der Waals surface area contributed by atoms with E-state index in [-0.39, 0.29) is 6.04 Å². The number of piperidine rings is 1. The zero-order valence-electron chi connectivity index (χ0n) is 13.0. The summed E-state index contributed by atoms with van der Waals surface area (Å²) in [6, 6.07) is 0.615. The Kier molecular flexibility index (Phi) is 5.87. The largest absolute Gasteiger partial charge is 0.314 e. The summed E-state index contributed by atoms with van der Waals surface area (Å²) in [4.78, 5) is 0. The molecule has 0 aromatic rings. The maximum atomic E-state index is 12.5. The lowest BCUT2D eigenvalue weighted by Crippen LogP contribution is -2.44. The number of hydrogen-bond donors (Lipinski definition) is 1. The van der Waals surface area contributed by atoms with Gasteiger partial charge in [-0.1, -0.05) is 26.2 Å². The highest BCUT2D eigenvalue weighted by atomic mass is 32.2. The fourth-order valence-corrected chi connectivity index (χ4v) is 5.24. The predicted molar refractivity (Wildman–Crippen MR) is 83.2 cm³/mol. The molecule has 4 nitrogen and oxygen atoms in total. The summed E-state index contributed by atoms with van der Waals surface area (Å²) in [5, 5.41) is 3.44. The fraction of sp³-hybridized carbons (Fsp3) is 1.00. The molecule has 3 atom stereocenters. The molecule has 3 unspecified atom stereocenters. The van der Waals surface area contributed by atoms with Crippen LogP contribution in [0.2, 0.25) is 0 Å². The van der Waals surface area contributed by atoms with Gasteiger partial charge in [0.1, 0.15) is 0 Å². The van der Waals surface area contributed by atoms with Gasteiger partial charge >= 0.3 is 0 Å². The Bertz CT molecular complexity index is 391. The third kappa shape index (κ3) is 4.18.